The van der Waals surface area contributed by atoms with Gasteiger partial charge >= 0.3 is 0 Å². The molecule has 0 radical (unpaired) electrons. The highest BCUT2D eigenvalue weighted by molar-refractivity contribution is 5.73. The first-order chi connectivity index (χ1) is 14.7. The zero-order chi connectivity index (χ0) is 20.5. The summed E-state index contributed by atoms with van der Waals surface area (Å²) in [5, 5.41) is 6.77. The molecule has 2 saturated heterocycles. The van der Waals surface area contributed by atoms with Crippen LogP contribution in [0.15, 0.2) is 36.7 Å². The Labute approximate surface area is 174 Å². The van der Waals surface area contributed by atoms with Crippen molar-refractivity contribution in [3.05, 3.63) is 48.0 Å². The number of hydrazine groups is 1. The molecule has 2 aromatic heterocycles. The topological polar surface area (TPSA) is 88.1 Å². The van der Waals surface area contributed by atoms with E-state index in [9.17, 15) is 4.39 Å². The van der Waals surface area contributed by atoms with Crippen LogP contribution in [0.5, 0.6) is 5.75 Å². The van der Waals surface area contributed by atoms with Crippen LogP contribution in [0.3, 0.4) is 0 Å². The van der Waals surface area contributed by atoms with Crippen LogP contribution >= 0.6 is 0 Å². The van der Waals surface area contributed by atoms with E-state index in [1.54, 1.807) is 25.4 Å². The fourth-order valence-electron chi connectivity index (χ4n) is 4.42. The summed E-state index contributed by atoms with van der Waals surface area (Å²) in [6, 6.07) is 7.12. The predicted octanol–water partition coefficient (Wildman–Crippen LogP) is 2.48. The second-order valence-corrected chi connectivity index (χ2v) is 7.80. The van der Waals surface area contributed by atoms with Crippen LogP contribution in [0.4, 0.5) is 10.2 Å². The number of piperidine rings is 1. The number of hydrogen-bond donors (Lipinski definition) is 4. The molecule has 9 heteroatoms. The van der Waals surface area contributed by atoms with Crippen molar-refractivity contribution >= 4 is 17.0 Å². The summed E-state index contributed by atoms with van der Waals surface area (Å²) in [6.45, 7) is 2.04. The van der Waals surface area contributed by atoms with Crippen LogP contribution < -0.4 is 26.2 Å². The molecule has 2 atom stereocenters. The van der Waals surface area contributed by atoms with Gasteiger partial charge in [-0.05, 0) is 44.1 Å². The molecule has 2 unspecified atom stereocenters. The van der Waals surface area contributed by atoms with Gasteiger partial charge in [0, 0.05) is 24.2 Å². The Bertz CT molecular complexity index is 1030. The largest absolute Gasteiger partial charge is 0.496 e. The number of fused-ring (bicyclic) bond motifs is 1. The number of hydrogen-bond acceptors (Lipinski definition) is 7. The van der Waals surface area contributed by atoms with Crippen molar-refractivity contribution in [2.24, 2.45) is 0 Å². The first kappa shape index (κ1) is 19.2. The molecule has 158 valence electrons. The first-order valence-corrected chi connectivity index (χ1v) is 10.4. The Hall–Kier alpha value is -2.75. The van der Waals surface area contributed by atoms with Crippen LogP contribution in [0.2, 0.25) is 0 Å². The summed E-state index contributed by atoms with van der Waals surface area (Å²) in [7, 11) is 1.55. The maximum atomic E-state index is 14.4. The number of methoxy groups -OCH3 is 1. The monoisotopic (exact) mass is 411 g/mol. The molecule has 3 aromatic rings. The molecule has 0 amide bonds. The quantitative estimate of drug-likeness (QED) is 0.513. The number of aromatic nitrogens is 3. The third kappa shape index (κ3) is 3.60. The molecule has 30 heavy (non-hydrogen) atoms. The number of nitrogens with one attached hydrogen (secondary N) is 4. The smallest absolute Gasteiger partial charge is 0.161 e. The second kappa shape index (κ2) is 8.17. The van der Waals surface area contributed by atoms with E-state index in [2.05, 4.69) is 37.2 Å². The van der Waals surface area contributed by atoms with Crippen molar-refractivity contribution in [1.29, 1.82) is 0 Å². The minimum atomic E-state index is -0.282. The number of halogens is 1. The van der Waals surface area contributed by atoms with Crippen LogP contribution in [-0.2, 0) is 0 Å². The van der Waals surface area contributed by atoms with Gasteiger partial charge in [-0.1, -0.05) is 6.07 Å². The molecule has 0 bridgehead atoms. The summed E-state index contributed by atoms with van der Waals surface area (Å²) in [5.74, 6) is 0.947. The van der Waals surface area contributed by atoms with Gasteiger partial charge in [0.15, 0.2) is 5.65 Å². The van der Waals surface area contributed by atoms with Gasteiger partial charge in [0.25, 0.3) is 0 Å². The molecular weight excluding hydrogens is 385 g/mol. The molecule has 4 heterocycles. The van der Waals surface area contributed by atoms with E-state index in [4.69, 9.17) is 9.72 Å². The Morgan fingerprint density at radius 1 is 1.20 bits per heavy atom. The van der Waals surface area contributed by atoms with Crippen molar-refractivity contribution in [3.63, 3.8) is 0 Å². The number of ether oxygens (including phenoxy) is 1. The van der Waals surface area contributed by atoms with E-state index in [-0.39, 0.29) is 18.0 Å². The highest BCUT2D eigenvalue weighted by atomic mass is 19.1. The Kier molecular flexibility index (Phi) is 5.24. The van der Waals surface area contributed by atoms with E-state index in [1.807, 2.05) is 6.07 Å². The van der Waals surface area contributed by atoms with Gasteiger partial charge in [0.05, 0.1) is 25.5 Å². The lowest BCUT2D eigenvalue weighted by Gasteiger charge is -2.24. The molecule has 4 N–H and O–H groups in total. The summed E-state index contributed by atoms with van der Waals surface area (Å²) < 4.78 is 22.0. The fraction of sp³-hybridized carbons (Fsp3) is 0.429. The van der Waals surface area contributed by atoms with Gasteiger partial charge in [-0.2, -0.15) is 0 Å². The molecular formula is C21H26FN7O. The maximum Gasteiger partial charge on any atom is 0.161 e. The molecule has 5 rings (SSSR count). The lowest BCUT2D eigenvalue weighted by atomic mass is 10.0. The van der Waals surface area contributed by atoms with E-state index in [0.29, 0.717) is 29.6 Å². The third-order valence-corrected chi connectivity index (χ3v) is 5.93. The van der Waals surface area contributed by atoms with Crippen molar-refractivity contribution in [1.82, 2.24) is 30.7 Å². The maximum absolute atomic E-state index is 14.4. The van der Waals surface area contributed by atoms with E-state index < -0.39 is 0 Å². The minimum Gasteiger partial charge on any atom is -0.496 e. The van der Waals surface area contributed by atoms with Gasteiger partial charge < -0.3 is 19.9 Å². The predicted molar refractivity (Wildman–Crippen MR) is 113 cm³/mol. The van der Waals surface area contributed by atoms with Gasteiger partial charge in [0.1, 0.15) is 22.9 Å². The molecule has 1 aromatic carbocycles. The van der Waals surface area contributed by atoms with Crippen molar-refractivity contribution in [2.75, 3.05) is 25.5 Å². The van der Waals surface area contributed by atoms with Gasteiger partial charge in [-0.15, -0.1) is 0 Å². The molecule has 2 aliphatic heterocycles. The zero-order valence-corrected chi connectivity index (χ0v) is 16.9. The van der Waals surface area contributed by atoms with Crippen LogP contribution in [0.1, 0.15) is 36.9 Å². The van der Waals surface area contributed by atoms with Crippen molar-refractivity contribution in [3.8, 4) is 5.75 Å². The average molecular weight is 411 g/mol. The summed E-state index contributed by atoms with van der Waals surface area (Å²) >= 11 is 0. The fourth-order valence-corrected chi connectivity index (χ4v) is 4.42. The molecule has 2 aliphatic rings. The first-order valence-electron chi connectivity index (χ1n) is 10.4. The lowest BCUT2D eigenvalue weighted by Crippen LogP contribution is -2.36. The van der Waals surface area contributed by atoms with E-state index in [1.165, 1.54) is 6.07 Å². The molecule has 8 nitrogen and oxygen atoms in total. The summed E-state index contributed by atoms with van der Waals surface area (Å²) in [6.07, 6.45) is 6.51. The summed E-state index contributed by atoms with van der Waals surface area (Å²) in [5.41, 5.74) is 8.66. The number of anilines is 1. The van der Waals surface area contributed by atoms with Crippen molar-refractivity contribution in [2.45, 2.75) is 37.5 Å². The molecule has 0 aliphatic carbocycles. The van der Waals surface area contributed by atoms with Crippen LogP contribution in [0.25, 0.3) is 11.2 Å². The lowest BCUT2D eigenvalue weighted by molar-refractivity contribution is 0.375. The molecule has 0 saturated carbocycles. The van der Waals surface area contributed by atoms with Crippen molar-refractivity contribution < 1.29 is 9.13 Å². The molecule has 2 fully saturated rings. The minimum absolute atomic E-state index is 0.117. The van der Waals surface area contributed by atoms with Crippen LogP contribution in [0, 0.1) is 5.82 Å². The normalized spacial score (nSPS) is 22.5. The third-order valence-electron chi connectivity index (χ3n) is 5.93. The average Bonchev–Trinajstić information content (AvgIpc) is 3.41. The van der Waals surface area contributed by atoms with Gasteiger partial charge in [-0.25, -0.2) is 25.2 Å². The standard InChI is InChI=1S/C21H26FN7O/c1-30-17-4-2-3-14(22)20(17)16-11-18(28-27-16)25-19-12-24-15-7-10-29(21(15)26-19)13-5-8-23-9-6-13/h2-4,7,10,12-13,16,18,23,27-28H,5-6,8-9,11H2,1H3,(H,25,26). The van der Waals surface area contributed by atoms with Crippen LogP contribution in [-0.4, -0.2) is 40.9 Å². The van der Waals surface area contributed by atoms with Gasteiger partial charge in [0.2, 0.25) is 0 Å². The SMILES string of the molecule is COc1cccc(F)c1C1CC(Nc2cnc3ccn(C4CCNCC4)c3n2)NN1. The van der Waals surface area contributed by atoms with Gasteiger partial charge in [-0.3, -0.25) is 0 Å². The summed E-state index contributed by atoms with van der Waals surface area (Å²) in [4.78, 5) is 9.39. The number of rotatable bonds is 5. The Balaban J connectivity index is 1.33. The molecule has 0 spiro atoms. The Morgan fingerprint density at radius 3 is 2.90 bits per heavy atom. The number of benzene rings is 1. The van der Waals surface area contributed by atoms with E-state index >= 15 is 0 Å². The highest BCUT2D eigenvalue weighted by Crippen LogP contribution is 2.32. The zero-order valence-electron chi connectivity index (χ0n) is 16.9. The Morgan fingerprint density at radius 2 is 2.07 bits per heavy atom. The number of nitrogens with zero attached hydrogens (tertiary/aromatic N) is 3. The second-order valence-electron chi connectivity index (χ2n) is 7.80. The van der Waals surface area contributed by atoms with E-state index in [0.717, 1.165) is 37.1 Å². The highest BCUT2D eigenvalue weighted by Gasteiger charge is 2.29.